The third kappa shape index (κ3) is 6.83. The van der Waals surface area contributed by atoms with Gasteiger partial charge in [-0.1, -0.05) is 25.6 Å². The minimum Gasteiger partial charge on any atom is -0.383 e. The molecule has 2 N–H and O–H groups in total. The van der Waals surface area contributed by atoms with Crippen molar-refractivity contribution in [3.05, 3.63) is 0 Å². The van der Waals surface area contributed by atoms with Crippen LogP contribution in [0.5, 0.6) is 0 Å². The van der Waals surface area contributed by atoms with E-state index in [9.17, 15) is 4.79 Å². The molecular weight excluding hydrogens is 280 g/mol. The van der Waals surface area contributed by atoms with Gasteiger partial charge in [-0.25, -0.2) is 4.68 Å². The SMILES string of the molecule is COCCNC(=O)CSc1nnnn1CCNC(C)C. The summed E-state index contributed by atoms with van der Waals surface area (Å²) in [6.07, 6.45) is 0. The van der Waals surface area contributed by atoms with Crippen LogP contribution in [0.15, 0.2) is 5.16 Å². The molecule has 0 bridgehead atoms. The zero-order valence-electron chi connectivity index (χ0n) is 12.1. The molecule has 0 atom stereocenters. The highest BCUT2D eigenvalue weighted by Gasteiger charge is 2.09. The molecule has 1 amide bonds. The van der Waals surface area contributed by atoms with Gasteiger partial charge in [0.1, 0.15) is 0 Å². The van der Waals surface area contributed by atoms with Crippen LogP contribution in [0, 0.1) is 0 Å². The van der Waals surface area contributed by atoms with Crippen molar-refractivity contribution in [2.75, 3.05) is 32.6 Å². The Kier molecular flexibility index (Phi) is 8.16. The lowest BCUT2D eigenvalue weighted by Gasteiger charge is -2.08. The first kappa shape index (κ1) is 16.9. The smallest absolute Gasteiger partial charge is 0.230 e. The third-order valence-corrected chi connectivity index (χ3v) is 3.29. The quantitative estimate of drug-likeness (QED) is 0.445. The van der Waals surface area contributed by atoms with Crippen LogP contribution >= 0.6 is 11.8 Å². The molecule has 1 heterocycles. The summed E-state index contributed by atoms with van der Waals surface area (Å²) in [7, 11) is 1.60. The first-order chi connectivity index (χ1) is 9.63. The Morgan fingerprint density at radius 3 is 2.95 bits per heavy atom. The Balaban J connectivity index is 2.29. The lowest BCUT2D eigenvalue weighted by Crippen LogP contribution is -2.29. The zero-order chi connectivity index (χ0) is 14.8. The van der Waals surface area contributed by atoms with Gasteiger partial charge in [0, 0.05) is 26.2 Å². The summed E-state index contributed by atoms with van der Waals surface area (Å²) in [5.74, 6) is 0.240. The molecule has 20 heavy (non-hydrogen) atoms. The standard InChI is InChI=1S/C11H22N6O2S/c1-9(2)12-4-6-17-11(14-15-16-17)20-8-10(18)13-5-7-19-3/h9,12H,4-8H2,1-3H3,(H,13,18). The summed E-state index contributed by atoms with van der Waals surface area (Å²) < 4.78 is 6.56. The number of methoxy groups -OCH3 is 1. The van der Waals surface area contributed by atoms with Gasteiger partial charge in [-0.05, 0) is 10.4 Å². The second kappa shape index (κ2) is 9.67. The number of hydrogen-bond donors (Lipinski definition) is 2. The highest BCUT2D eigenvalue weighted by Crippen LogP contribution is 2.12. The Morgan fingerprint density at radius 1 is 1.45 bits per heavy atom. The van der Waals surface area contributed by atoms with Gasteiger partial charge in [-0.3, -0.25) is 4.79 Å². The van der Waals surface area contributed by atoms with Crippen molar-refractivity contribution in [3.63, 3.8) is 0 Å². The van der Waals surface area contributed by atoms with Crippen molar-refractivity contribution in [2.45, 2.75) is 31.6 Å². The summed E-state index contributed by atoms with van der Waals surface area (Å²) >= 11 is 1.32. The average Bonchev–Trinajstić information content (AvgIpc) is 2.84. The minimum atomic E-state index is -0.0538. The van der Waals surface area contributed by atoms with Crippen molar-refractivity contribution in [1.82, 2.24) is 30.8 Å². The van der Waals surface area contributed by atoms with Gasteiger partial charge in [0.2, 0.25) is 11.1 Å². The van der Waals surface area contributed by atoms with Crippen molar-refractivity contribution in [3.8, 4) is 0 Å². The van der Waals surface area contributed by atoms with Crippen LogP contribution in [0.25, 0.3) is 0 Å². The molecule has 1 aromatic heterocycles. The third-order valence-electron chi connectivity index (χ3n) is 2.34. The summed E-state index contributed by atoms with van der Waals surface area (Å²) in [6.45, 7) is 6.66. The molecule has 0 fully saturated rings. The molecule has 0 spiro atoms. The molecule has 0 aliphatic carbocycles. The summed E-state index contributed by atoms with van der Waals surface area (Å²) in [5, 5.41) is 18.2. The number of ether oxygens (including phenoxy) is 1. The van der Waals surface area contributed by atoms with Gasteiger partial charge >= 0.3 is 0 Å². The molecule has 0 radical (unpaired) electrons. The maximum atomic E-state index is 11.6. The maximum Gasteiger partial charge on any atom is 0.230 e. The van der Waals surface area contributed by atoms with Crippen LogP contribution < -0.4 is 10.6 Å². The van der Waals surface area contributed by atoms with E-state index in [0.29, 0.717) is 36.6 Å². The molecule has 0 aliphatic heterocycles. The van der Waals surface area contributed by atoms with E-state index in [0.717, 1.165) is 6.54 Å². The summed E-state index contributed by atoms with van der Waals surface area (Å²) in [4.78, 5) is 11.6. The van der Waals surface area contributed by atoms with E-state index in [4.69, 9.17) is 4.74 Å². The molecule has 9 heteroatoms. The second-order valence-corrected chi connectivity index (χ2v) is 5.37. The van der Waals surface area contributed by atoms with Gasteiger partial charge in [-0.2, -0.15) is 0 Å². The number of tetrazole rings is 1. The van der Waals surface area contributed by atoms with Crippen LogP contribution in [0.4, 0.5) is 0 Å². The van der Waals surface area contributed by atoms with Crippen molar-refractivity contribution in [1.29, 1.82) is 0 Å². The molecular formula is C11H22N6O2S. The van der Waals surface area contributed by atoms with Gasteiger partial charge < -0.3 is 15.4 Å². The number of amides is 1. The van der Waals surface area contributed by atoms with E-state index >= 15 is 0 Å². The Morgan fingerprint density at radius 2 is 2.25 bits per heavy atom. The molecule has 0 saturated heterocycles. The van der Waals surface area contributed by atoms with E-state index in [1.54, 1.807) is 11.8 Å². The van der Waals surface area contributed by atoms with E-state index in [1.165, 1.54) is 11.8 Å². The predicted molar refractivity (Wildman–Crippen MR) is 76.6 cm³/mol. The summed E-state index contributed by atoms with van der Waals surface area (Å²) in [5.41, 5.74) is 0. The Labute approximate surface area is 123 Å². The highest BCUT2D eigenvalue weighted by molar-refractivity contribution is 7.99. The first-order valence-electron chi connectivity index (χ1n) is 6.51. The van der Waals surface area contributed by atoms with Crippen LogP contribution in [0.1, 0.15) is 13.8 Å². The van der Waals surface area contributed by atoms with Gasteiger partial charge in [0.15, 0.2) is 0 Å². The number of nitrogens with zero attached hydrogens (tertiary/aromatic N) is 4. The summed E-state index contributed by atoms with van der Waals surface area (Å²) in [6, 6.07) is 0.425. The fourth-order valence-electron chi connectivity index (χ4n) is 1.37. The first-order valence-corrected chi connectivity index (χ1v) is 7.50. The number of carbonyl (C=O) groups is 1. The highest BCUT2D eigenvalue weighted by atomic mass is 32.2. The lowest BCUT2D eigenvalue weighted by atomic mass is 10.4. The van der Waals surface area contributed by atoms with Crippen LogP contribution in [-0.2, 0) is 16.1 Å². The largest absolute Gasteiger partial charge is 0.383 e. The molecule has 0 saturated carbocycles. The van der Waals surface area contributed by atoms with E-state index < -0.39 is 0 Å². The van der Waals surface area contributed by atoms with Crippen molar-refractivity contribution >= 4 is 17.7 Å². The molecule has 1 aromatic rings. The van der Waals surface area contributed by atoms with E-state index in [-0.39, 0.29) is 5.91 Å². The maximum absolute atomic E-state index is 11.6. The number of nitrogens with one attached hydrogen (secondary N) is 2. The van der Waals surface area contributed by atoms with Crippen LogP contribution in [0.3, 0.4) is 0 Å². The number of rotatable bonds is 10. The number of hydrogen-bond acceptors (Lipinski definition) is 7. The van der Waals surface area contributed by atoms with Crippen LogP contribution in [0.2, 0.25) is 0 Å². The number of carbonyl (C=O) groups excluding carboxylic acids is 1. The van der Waals surface area contributed by atoms with Crippen molar-refractivity contribution < 1.29 is 9.53 Å². The second-order valence-electron chi connectivity index (χ2n) is 4.42. The lowest BCUT2D eigenvalue weighted by molar-refractivity contribution is -0.118. The van der Waals surface area contributed by atoms with Gasteiger partial charge in [0.05, 0.1) is 18.9 Å². The Hall–Kier alpha value is -1.19. The van der Waals surface area contributed by atoms with Gasteiger partial charge in [-0.15, -0.1) is 5.10 Å². The minimum absolute atomic E-state index is 0.0538. The average molecular weight is 302 g/mol. The molecule has 0 aromatic carbocycles. The van der Waals surface area contributed by atoms with E-state index in [1.807, 2.05) is 0 Å². The normalized spacial score (nSPS) is 11.0. The fraction of sp³-hybridized carbons (Fsp3) is 0.818. The molecule has 0 unspecified atom stereocenters. The van der Waals surface area contributed by atoms with E-state index in [2.05, 4.69) is 40.0 Å². The number of aromatic nitrogens is 4. The zero-order valence-corrected chi connectivity index (χ0v) is 12.9. The fourth-order valence-corrected chi connectivity index (χ4v) is 2.11. The molecule has 1 rings (SSSR count). The monoisotopic (exact) mass is 302 g/mol. The molecule has 0 aliphatic rings. The van der Waals surface area contributed by atoms with Gasteiger partial charge in [0.25, 0.3) is 0 Å². The molecule has 8 nitrogen and oxygen atoms in total. The number of thioether (sulfide) groups is 1. The van der Waals surface area contributed by atoms with Crippen LogP contribution in [-0.4, -0.2) is 64.7 Å². The Bertz CT molecular complexity index is 398. The van der Waals surface area contributed by atoms with Crippen molar-refractivity contribution in [2.24, 2.45) is 0 Å². The topological polar surface area (TPSA) is 94.0 Å². The molecule has 114 valence electrons. The predicted octanol–water partition coefficient (Wildman–Crippen LogP) is -0.474.